The minimum Gasteiger partial charge on any atom is -0.490 e. The van der Waals surface area contributed by atoms with Crippen LogP contribution in [0.15, 0.2) is 53.3 Å². The van der Waals surface area contributed by atoms with E-state index in [0.717, 1.165) is 10.1 Å². The number of aromatic carboxylic acids is 1. The lowest BCUT2D eigenvalue weighted by Gasteiger charge is -2.19. The second-order valence-corrected chi connectivity index (χ2v) is 8.34. The predicted octanol–water partition coefficient (Wildman–Crippen LogP) is 5.66. The van der Waals surface area contributed by atoms with Crippen LogP contribution in [0, 0.1) is 5.92 Å². The number of fused-ring (bicyclic) bond motifs is 1. The third kappa shape index (κ3) is 6.30. The largest absolute Gasteiger partial charge is 0.490 e. The SMILES string of the molecule is CC(C)Cn1c(C(=O)O)c(OCCCC(F)(F)F)c2cc(OCc3ccccc3)ccc2c1=O. The molecule has 0 bridgehead atoms. The van der Waals surface area contributed by atoms with Gasteiger partial charge in [0.2, 0.25) is 0 Å². The number of aromatic nitrogens is 1. The van der Waals surface area contributed by atoms with E-state index in [-0.39, 0.29) is 48.6 Å². The monoisotopic (exact) mass is 477 g/mol. The minimum atomic E-state index is -4.35. The Morgan fingerprint density at radius 1 is 1.06 bits per heavy atom. The number of halogens is 3. The second kappa shape index (κ2) is 10.6. The molecule has 1 N–H and O–H groups in total. The first kappa shape index (κ1) is 25.1. The standard InChI is InChI=1S/C25H26F3NO5/c1-16(2)14-29-21(24(31)32)22(33-12-6-11-25(26,27)28)20-13-18(9-10-19(20)23(29)30)34-15-17-7-4-3-5-8-17/h3-5,7-10,13,16H,6,11-12,14-15H2,1-2H3,(H,31,32). The molecule has 3 aromatic rings. The third-order valence-electron chi connectivity index (χ3n) is 5.05. The molecule has 3 rings (SSSR count). The molecule has 0 saturated carbocycles. The lowest BCUT2D eigenvalue weighted by atomic mass is 10.1. The van der Waals surface area contributed by atoms with Crippen LogP contribution in [-0.2, 0) is 13.2 Å². The average Bonchev–Trinajstić information content (AvgIpc) is 2.77. The Kier molecular flexibility index (Phi) is 7.86. The number of carbonyl (C=O) groups is 1. The van der Waals surface area contributed by atoms with Gasteiger partial charge in [0.15, 0.2) is 11.4 Å². The van der Waals surface area contributed by atoms with E-state index in [2.05, 4.69) is 0 Å². The Balaban J connectivity index is 2.06. The summed E-state index contributed by atoms with van der Waals surface area (Å²) in [6, 6.07) is 14.0. The van der Waals surface area contributed by atoms with E-state index in [9.17, 15) is 27.9 Å². The van der Waals surface area contributed by atoms with E-state index in [1.54, 1.807) is 6.07 Å². The molecule has 0 atom stereocenters. The number of nitrogens with zero attached hydrogens (tertiary/aromatic N) is 1. The summed E-state index contributed by atoms with van der Waals surface area (Å²) in [5.74, 6) is -1.23. The molecule has 0 fully saturated rings. The first-order valence-electron chi connectivity index (χ1n) is 10.9. The molecule has 0 aliphatic carbocycles. The maximum absolute atomic E-state index is 13.1. The number of benzene rings is 2. The highest BCUT2D eigenvalue weighted by atomic mass is 19.4. The Labute approximate surface area is 194 Å². The summed E-state index contributed by atoms with van der Waals surface area (Å²) in [7, 11) is 0. The molecular weight excluding hydrogens is 451 g/mol. The smallest absolute Gasteiger partial charge is 0.389 e. The van der Waals surface area contributed by atoms with Crippen molar-refractivity contribution in [1.29, 1.82) is 0 Å². The summed E-state index contributed by atoms with van der Waals surface area (Å²) in [6.45, 7) is 3.65. The first-order chi connectivity index (χ1) is 16.1. The van der Waals surface area contributed by atoms with Crippen molar-refractivity contribution in [3.63, 3.8) is 0 Å². The van der Waals surface area contributed by atoms with Crippen molar-refractivity contribution in [2.45, 2.75) is 46.0 Å². The Morgan fingerprint density at radius 3 is 2.38 bits per heavy atom. The van der Waals surface area contributed by atoms with Crippen molar-refractivity contribution in [3.05, 3.63) is 70.1 Å². The van der Waals surface area contributed by atoms with E-state index < -0.39 is 29.8 Å². The number of pyridine rings is 1. The second-order valence-electron chi connectivity index (χ2n) is 8.34. The molecule has 1 aromatic heterocycles. The van der Waals surface area contributed by atoms with Gasteiger partial charge < -0.3 is 14.6 Å². The van der Waals surface area contributed by atoms with E-state index in [0.29, 0.717) is 5.75 Å². The van der Waals surface area contributed by atoms with Crippen LogP contribution in [0.3, 0.4) is 0 Å². The molecule has 34 heavy (non-hydrogen) atoms. The highest BCUT2D eigenvalue weighted by molar-refractivity contribution is 5.99. The van der Waals surface area contributed by atoms with Gasteiger partial charge in [-0.1, -0.05) is 44.2 Å². The zero-order valence-electron chi connectivity index (χ0n) is 18.9. The van der Waals surface area contributed by atoms with Crippen LogP contribution in [-0.4, -0.2) is 28.4 Å². The van der Waals surface area contributed by atoms with Crippen LogP contribution in [0.1, 0.15) is 42.7 Å². The number of hydrogen-bond donors (Lipinski definition) is 1. The van der Waals surface area contributed by atoms with Gasteiger partial charge in [-0.25, -0.2) is 4.79 Å². The van der Waals surface area contributed by atoms with Crippen LogP contribution < -0.4 is 15.0 Å². The Morgan fingerprint density at radius 2 is 1.76 bits per heavy atom. The van der Waals surface area contributed by atoms with Crippen LogP contribution in [0.5, 0.6) is 11.5 Å². The number of rotatable bonds is 10. The van der Waals surface area contributed by atoms with Crippen molar-refractivity contribution in [2.75, 3.05) is 6.61 Å². The van der Waals surface area contributed by atoms with Gasteiger partial charge in [0.05, 0.1) is 12.0 Å². The molecule has 0 aliphatic heterocycles. The van der Waals surface area contributed by atoms with Gasteiger partial charge in [0, 0.05) is 18.4 Å². The number of carboxylic acids is 1. The van der Waals surface area contributed by atoms with Gasteiger partial charge in [0.1, 0.15) is 12.4 Å². The molecule has 0 radical (unpaired) electrons. The minimum absolute atomic E-state index is 0.0557. The van der Waals surface area contributed by atoms with Crippen molar-refractivity contribution in [3.8, 4) is 11.5 Å². The molecule has 0 unspecified atom stereocenters. The number of hydrogen-bond acceptors (Lipinski definition) is 4. The topological polar surface area (TPSA) is 77.8 Å². The lowest BCUT2D eigenvalue weighted by Crippen LogP contribution is -2.29. The summed E-state index contributed by atoms with van der Waals surface area (Å²) >= 11 is 0. The zero-order chi connectivity index (χ0) is 24.9. The average molecular weight is 477 g/mol. The molecule has 2 aromatic carbocycles. The van der Waals surface area contributed by atoms with Crippen molar-refractivity contribution >= 4 is 16.7 Å². The fraction of sp³-hybridized carbons (Fsp3) is 0.360. The van der Waals surface area contributed by atoms with Gasteiger partial charge in [-0.05, 0) is 36.1 Å². The molecule has 6 nitrogen and oxygen atoms in total. The fourth-order valence-corrected chi connectivity index (χ4v) is 3.57. The summed E-state index contributed by atoms with van der Waals surface area (Å²) in [5.41, 5.74) is 0.00145. The molecule has 0 saturated heterocycles. The summed E-state index contributed by atoms with van der Waals surface area (Å²) in [6.07, 6.45) is -5.77. The van der Waals surface area contributed by atoms with Gasteiger partial charge in [-0.15, -0.1) is 0 Å². The number of alkyl halides is 3. The van der Waals surface area contributed by atoms with Crippen LogP contribution in [0.25, 0.3) is 10.8 Å². The molecular formula is C25H26F3NO5. The number of ether oxygens (including phenoxy) is 2. The number of carboxylic acid groups (broad SMARTS) is 1. The van der Waals surface area contributed by atoms with Crippen LogP contribution in [0.2, 0.25) is 0 Å². The van der Waals surface area contributed by atoms with Crippen molar-refractivity contribution in [2.24, 2.45) is 5.92 Å². The molecule has 0 amide bonds. The van der Waals surface area contributed by atoms with Crippen molar-refractivity contribution in [1.82, 2.24) is 4.57 Å². The predicted molar refractivity (Wildman–Crippen MR) is 122 cm³/mol. The summed E-state index contributed by atoms with van der Waals surface area (Å²) in [5, 5.41) is 10.3. The highest BCUT2D eigenvalue weighted by Gasteiger charge is 2.27. The Hall–Kier alpha value is -3.49. The third-order valence-corrected chi connectivity index (χ3v) is 5.05. The van der Waals surface area contributed by atoms with Gasteiger partial charge in [0.25, 0.3) is 5.56 Å². The van der Waals surface area contributed by atoms with Gasteiger partial charge in [-0.3, -0.25) is 9.36 Å². The zero-order valence-corrected chi connectivity index (χ0v) is 18.9. The lowest BCUT2D eigenvalue weighted by molar-refractivity contribution is -0.136. The van der Waals surface area contributed by atoms with Gasteiger partial charge >= 0.3 is 12.1 Å². The maximum Gasteiger partial charge on any atom is 0.389 e. The molecule has 1 heterocycles. The normalized spacial score (nSPS) is 11.7. The Bertz CT molecular complexity index is 1200. The van der Waals surface area contributed by atoms with E-state index in [4.69, 9.17) is 9.47 Å². The summed E-state index contributed by atoms with van der Waals surface area (Å²) < 4.78 is 50.2. The molecule has 182 valence electrons. The maximum atomic E-state index is 13.1. The van der Waals surface area contributed by atoms with Crippen LogP contribution >= 0.6 is 0 Å². The molecule has 9 heteroatoms. The van der Waals surface area contributed by atoms with E-state index in [1.807, 2.05) is 44.2 Å². The molecule has 0 aliphatic rings. The van der Waals surface area contributed by atoms with E-state index >= 15 is 0 Å². The quantitative estimate of drug-likeness (QED) is 0.382. The highest BCUT2D eigenvalue weighted by Crippen LogP contribution is 2.32. The van der Waals surface area contributed by atoms with E-state index in [1.165, 1.54) is 12.1 Å². The first-order valence-corrected chi connectivity index (χ1v) is 10.9. The molecule has 0 spiro atoms. The van der Waals surface area contributed by atoms with Gasteiger partial charge in [-0.2, -0.15) is 13.2 Å². The van der Waals surface area contributed by atoms with Crippen LogP contribution in [0.4, 0.5) is 13.2 Å². The fourth-order valence-electron chi connectivity index (χ4n) is 3.57. The van der Waals surface area contributed by atoms with Crippen molar-refractivity contribution < 1.29 is 32.5 Å². The summed E-state index contributed by atoms with van der Waals surface area (Å²) in [4.78, 5) is 25.3.